The molecule has 1 aromatic carbocycles. The summed E-state index contributed by atoms with van der Waals surface area (Å²) in [6.45, 7) is 4.29. The molecule has 1 aliphatic heterocycles. The highest BCUT2D eigenvalue weighted by molar-refractivity contribution is 7.80. The zero-order chi connectivity index (χ0) is 20.0. The second-order valence-corrected chi connectivity index (χ2v) is 6.32. The third-order valence-electron chi connectivity index (χ3n) is 4.32. The van der Waals surface area contributed by atoms with E-state index in [-0.39, 0.29) is 5.11 Å². The predicted octanol–water partition coefficient (Wildman–Crippen LogP) is 1.45. The van der Waals surface area contributed by atoms with Crippen LogP contribution in [0, 0.1) is 5.92 Å². The zero-order valence-corrected chi connectivity index (χ0v) is 16.4. The van der Waals surface area contributed by atoms with Crippen molar-refractivity contribution in [3.05, 3.63) is 35.9 Å². The fraction of sp³-hybridized carbons (Fsp3) is 0.421. The lowest BCUT2D eigenvalue weighted by Crippen LogP contribution is -2.59. The number of hydrogen-bond donors (Lipinski definition) is 0. The summed E-state index contributed by atoms with van der Waals surface area (Å²) in [5, 5.41) is 0.202. The van der Waals surface area contributed by atoms with Gasteiger partial charge in [0.05, 0.1) is 7.11 Å². The van der Waals surface area contributed by atoms with Crippen LogP contribution in [0.3, 0.4) is 0 Å². The largest absolute Gasteiger partial charge is 0.467 e. The number of carbonyl (C=O) groups is 3. The Morgan fingerprint density at radius 1 is 1.19 bits per heavy atom. The summed E-state index contributed by atoms with van der Waals surface area (Å²) < 4.78 is 4.82. The first-order chi connectivity index (χ1) is 12.9. The van der Waals surface area contributed by atoms with Crippen molar-refractivity contribution in [1.82, 2.24) is 9.80 Å². The highest BCUT2D eigenvalue weighted by Gasteiger charge is 2.41. The normalized spacial score (nSPS) is 16.9. The van der Waals surface area contributed by atoms with Gasteiger partial charge in [-0.1, -0.05) is 30.3 Å². The van der Waals surface area contributed by atoms with Crippen LogP contribution in [0.1, 0.15) is 19.4 Å². The molecule has 27 heavy (non-hydrogen) atoms. The third-order valence-corrected chi connectivity index (χ3v) is 4.76. The van der Waals surface area contributed by atoms with Crippen LogP contribution in [0.25, 0.3) is 0 Å². The first-order valence-corrected chi connectivity index (χ1v) is 9.17. The van der Waals surface area contributed by atoms with Crippen LogP contribution in [0.4, 0.5) is 0 Å². The lowest BCUT2D eigenvalue weighted by atomic mass is 10.0. The molecule has 1 aromatic rings. The van der Waals surface area contributed by atoms with E-state index in [9.17, 15) is 14.4 Å². The SMILES string of the molecule is CCN1C(=O)C(C=N[C@@H](Cc2ccccc2)C(=O)OC)C(=O)N(CC)C1=S. The summed E-state index contributed by atoms with van der Waals surface area (Å²) in [6, 6.07) is 8.51. The van der Waals surface area contributed by atoms with Gasteiger partial charge < -0.3 is 4.74 Å². The van der Waals surface area contributed by atoms with Crippen molar-refractivity contribution in [2.75, 3.05) is 20.2 Å². The number of ether oxygens (including phenoxy) is 1. The molecule has 0 spiro atoms. The molecule has 0 bridgehead atoms. The lowest BCUT2D eigenvalue weighted by Gasteiger charge is -2.37. The smallest absolute Gasteiger partial charge is 0.330 e. The standard InChI is InChI=1S/C19H23N3O4S/c1-4-21-16(23)14(17(24)22(5-2)19(21)27)12-20-15(18(25)26-3)11-13-9-7-6-8-10-13/h6-10,12,14-15H,4-5,11H2,1-3H3/t15-/m0/s1. The van der Waals surface area contributed by atoms with Gasteiger partial charge in [0.15, 0.2) is 17.1 Å². The van der Waals surface area contributed by atoms with Crippen molar-refractivity contribution in [3.63, 3.8) is 0 Å². The molecule has 1 heterocycles. The molecule has 1 aliphatic rings. The third kappa shape index (κ3) is 4.57. The average molecular weight is 389 g/mol. The van der Waals surface area contributed by atoms with Gasteiger partial charge in [0.2, 0.25) is 11.8 Å². The minimum atomic E-state index is -1.10. The predicted molar refractivity (Wildman–Crippen MR) is 105 cm³/mol. The highest BCUT2D eigenvalue weighted by Crippen LogP contribution is 2.17. The fourth-order valence-electron chi connectivity index (χ4n) is 2.85. The first kappa shape index (κ1) is 20.7. The Morgan fingerprint density at radius 3 is 2.22 bits per heavy atom. The summed E-state index contributed by atoms with van der Waals surface area (Å²) >= 11 is 5.23. The number of hydrogen-bond acceptors (Lipinski definition) is 6. The van der Waals surface area contributed by atoms with E-state index in [0.29, 0.717) is 19.5 Å². The minimum absolute atomic E-state index is 0.202. The van der Waals surface area contributed by atoms with Gasteiger partial charge in [-0.3, -0.25) is 24.4 Å². The molecule has 0 radical (unpaired) electrons. The summed E-state index contributed by atoms with van der Waals surface area (Å²) in [6.07, 6.45) is 1.56. The van der Waals surface area contributed by atoms with Gasteiger partial charge in [-0.05, 0) is 31.6 Å². The Hall–Kier alpha value is -2.61. The number of esters is 1. The quantitative estimate of drug-likeness (QED) is 0.305. The summed E-state index contributed by atoms with van der Waals surface area (Å²) in [4.78, 5) is 44.4. The van der Waals surface area contributed by atoms with Gasteiger partial charge in [0.1, 0.15) is 0 Å². The Balaban J connectivity index is 2.27. The number of methoxy groups -OCH3 is 1. The monoisotopic (exact) mass is 389 g/mol. The van der Waals surface area contributed by atoms with Gasteiger partial charge in [-0.2, -0.15) is 0 Å². The van der Waals surface area contributed by atoms with Crippen LogP contribution in [0.5, 0.6) is 0 Å². The van der Waals surface area contributed by atoms with Crippen LogP contribution in [0.15, 0.2) is 35.3 Å². The number of rotatable bonds is 7. The molecular weight excluding hydrogens is 366 g/mol. The Bertz CT molecular complexity index is 725. The number of thiocarbonyl (C=S) groups is 1. The van der Waals surface area contributed by atoms with E-state index < -0.39 is 29.7 Å². The van der Waals surface area contributed by atoms with Crippen molar-refractivity contribution in [3.8, 4) is 0 Å². The van der Waals surface area contributed by atoms with Crippen molar-refractivity contribution in [1.29, 1.82) is 0 Å². The molecule has 8 heteroatoms. The van der Waals surface area contributed by atoms with E-state index in [1.807, 2.05) is 30.3 Å². The van der Waals surface area contributed by atoms with Crippen LogP contribution in [0.2, 0.25) is 0 Å². The van der Waals surface area contributed by atoms with E-state index in [2.05, 4.69) is 4.99 Å². The molecule has 0 saturated carbocycles. The molecule has 1 saturated heterocycles. The van der Waals surface area contributed by atoms with E-state index in [1.54, 1.807) is 13.8 Å². The Kier molecular flexibility index (Phi) is 7.18. The fourth-order valence-corrected chi connectivity index (χ4v) is 3.28. The number of amides is 2. The number of aliphatic imine (C=N–C) groups is 1. The van der Waals surface area contributed by atoms with E-state index in [0.717, 1.165) is 5.56 Å². The maximum atomic E-state index is 12.6. The highest BCUT2D eigenvalue weighted by atomic mass is 32.1. The number of carbonyl (C=O) groups excluding carboxylic acids is 3. The Morgan fingerprint density at radius 2 is 1.74 bits per heavy atom. The second kappa shape index (κ2) is 9.36. The molecule has 7 nitrogen and oxygen atoms in total. The number of nitrogens with zero attached hydrogens (tertiary/aromatic N) is 3. The van der Waals surface area contributed by atoms with Crippen LogP contribution >= 0.6 is 12.2 Å². The number of benzene rings is 1. The summed E-state index contributed by atoms with van der Waals surface area (Å²) in [5.74, 6) is -2.48. The summed E-state index contributed by atoms with van der Waals surface area (Å²) in [5.41, 5.74) is 0.901. The molecule has 0 aliphatic carbocycles. The van der Waals surface area contributed by atoms with E-state index in [1.165, 1.54) is 23.1 Å². The van der Waals surface area contributed by atoms with Crippen molar-refractivity contribution in [2.24, 2.45) is 10.9 Å². The zero-order valence-electron chi connectivity index (χ0n) is 15.6. The van der Waals surface area contributed by atoms with Gasteiger partial charge in [-0.15, -0.1) is 0 Å². The maximum Gasteiger partial charge on any atom is 0.330 e. The average Bonchev–Trinajstić information content (AvgIpc) is 2.67. The van der Waals surface area contributed by atoms with Crippen molar-refractivity contribution < 1.29 is 19.1 Å². The minimum Gasteiger partial charge on any atom is -0.467 e. The molecule has 2 rings (SSSR count). The van der Waals surface area contributed by atoms with E-state index in [4.69, 9.17) is 17.0 Å². The maximum absolute atomic E-state index is 12.6. The lowest BCUT2D eigenvalue weighted by molar-refractivity contribution is -0.144. The van der Waals surface area contributed by atoms with E-state index >= 15 is 0 Å². The topological polar surface area (TPSA) is 79.3 Å². The van der Waals surface area contributed by atoms with Crippen LogP contribution in [-0.2, 0) is 25.5 Å². The second-order valence-electron chi connectivity index (χ2n) is 5.95. The van der Waals surface area contributed by atoms with Crippen LogP contribution in [-0.4, -0.2) is 65.2 Å². The molecule has 0 unspecified atom stereocenters. The molecule has 0 N–H and O–H groups in total. The van der Waals surface area contributed by atoms with Gasteiger partial charge in [0, 0.05) is 25.7 Å². The summed E-state index contributed by atoms with van der Waals surface area (Å²) in [7, 11) is 1.28. The van der Waals surface area contributed by atoms with Gasteiger partial charge in [0.25, 0.3) is 0 Å². The molecule has 1 fully saturated rings. The first-order valence-electron chi connectivity index (χ1n) is 8.76. The van der Waals surface area contributed by atoms with Gasteiger partial charge in [-0.25, -0.2) is 4.79 Å². The molecule has 2 amide bonds. The van der Waals surface area contributed by atoms with Crippen LogP contribution < -0.4 is 0 Å². The molecule has 1 atom stereocenters. The van der Waals surface area contributed by atoms with Crippen molar-refractivity contribution >= 4 is 41.3 Å². The molecule has 144 valence electrons. The molecular formula is C19H23N3O4S. The van der Waals surface area contributed by atoms with Gasteiger partial charge >= 0.3 is 5.97 Å². The Labute approximate surface area is 164 Å². The molecule has 0 aromatic heterocycles. The van der Waals surface area contributed by atoms with Crippen molar-refractivity contribution in [2.45, 2.75) is 26.3 Å².